The molecule has 0 saturated carbocycles. The average molecular weight is 289 g/mol. The van der Waals surface area contributed by atoms with Crippen LogP contribution >= 0.6 is 0 Å². The standard InChI is InChI=1S/C16H11N5O/c1-9-8-22-20-16(9)21-10(2)19-14-7-18-13-4-3-11(6-17)5-12(13)15(14)21/h3-5,7-8H,1-2H3. The van der Waals surface area contributed by atoms with Crippen LogP contribution in [0, 0.1) is 25.2 Å². The lowest BCUT2D eigenvalue weighted by molar-refractivity contribution is 0.416. The zero-order chi connectivity index (χ0) is 15.3. The molecule has 0 N–H and O–H groups in total. The first-order chi connectivity index (χ1) is 10.7. The summed E-state index contributed by atoms with van der Waals surface area (Å²) in [6, 6.07) is 7.60. The van der Waals surface area contributed by atoms with Crippen LogP contribution in [0.5, 0.6) is 0 Å². The zero-order valence-corrected chi connectivity index (χ0v) is 12.0. The van der Waals surface area contributed by atoms with Gasteiger partial charge >= 0.3 is 0 Å². The van der Waals surface area contributed by atoms with Crippen molar-refractivity contribution >= 4 is 21.9 Å². The number of nitriles is 1. The third kappa shape index (κ3) is 1.63. The maximum Gasteiger partial charge on any atom is 0.184 e. The molecule has 0 aliphatic rings. The molecule has 1 aromatic carbocycles. The second kappa shape index (κ2) is 4.40. The van der Waals surface area contributed by atoms with Crippen LogP contribution in [0.15, 0.2) is 35.2 Å². The molecule has 0 saturated heterocycles. The van der Waals surface area contributed by atoms with E-state index in [-0.39, 0.29) is 0 Å². The molecule has 0 spiro atoms. The van der Waals surface area contributed by atoms with Gasteiger partial charge in [0.1, 0.15) is 17.6 Å². The second-order valence-corrected chi connectivity index (χ2v) is 5.15. The normalized spacial score (nSPS) is 11.1. The Morgan fingerprint density at radius 1 is 1.23 bits per heavy atom. The smallest absolute Gasteiger partial charge is 0.184 e. The number of benzene rings is 1. The molecule has 0 amide bonds. The van der Waals surface area contributed by atoms with Crippen molar-refractivity contribution in [1.82, 2.24) is 19.7 Å². The third-order valence-electron chi connectivity index (χ3n) is 3.71. The van der Waals surface area contributed by atoms with E-state index >= 15 is 0 Å². The predicted octanol–water partition coefficient (Wildman–Crippen LogP) is 3.05. The topological polar surface area (TPSA) is 80.5 Å². The van der Waals surface area contributed by atoms with Gasteiger partial charge in [-0.15, -0.1) is 0 Å². The largest absolute Gasteiger partial charge is 0.362 e. The van der Waals surface area contributed by atoms with Crippen LogP contribution in [0.3, 0.4) is 0 Å². The van der Waals surface area contributed by atoms with Gasteiger partial charge in [0.15, 0.2) is 5.82 Å². The maximum absolute atomic E-state index is 9.15. The van der Waals surface area contributed by atoms with Crippen molar-refractivity contribution in [3.8, 4) is 11.9 Å². The van der Waals surface area contributed by atoms with Gasteiger partial charge in [0.05, 0.1) is 28.9 Å². The van der Waals surface area contributed by atoms with E-state index in [1.165, 1.54) is 0 Å². The lowest BCUT2D eigenvalue weighted by Gasteiger charge is -2.06. The number of hydrogen-bond donors (Lipinski definition) is 0. The van der Waals surface area contributed by atoms with E-state index in [2.05, 4.69) is 21.2 Å². The number of imidazole rings is 1. The highest BCUT2D eigenvalue weighted by Gasteiger charge is 2.17. The van der Waals surface area contributed by atoms with Gasteiger partial charge in [-0.1, -0.05) is 5.16 Å². The molecule has 3 heterocycles. The number of hydrogen-bond acceptors (Lipinski definition) is 5. The van der Waals surface area contributed by atoms with Crippen molar-refractivity contribution in [2.24, 2.45) is 0 Å². The first-order valence-corrected chi connectivity index (χ1v) is 6.78. The van der Waals surface area contributed by atoms with E-state index < -0.39 is 0 Å². The van der Waals surface area contributed by atoms with Crippen molar-refractivity contribution in [2.45, 2.75) is 13.8 Å². The first kappa shape index (κ1) is 12.5. The minimum atomic E-state index is 0.587. The molecule has 6 heteroatoms. The Kier molecular flexibility index (Phi) is 2.51. The third-order valence-corrected chi connectivity index (χ3v) is 3.71. The lowest BCUT2D eigenvalue weighted by Crippen LogP contribution is -1.99. The van der Waals surface area contributed by atoms with E-state index in [9.17, 15) is 0 Å². The Labute approximate surface area is 125 Å². The number of aryl methyl sites for hydroxylation is 2. The first-order valence-electron chi connectivity index (χ1n) is 6.78. The number of fused-ring (bicyclic) bond motifs is 3. The molecule has 22 heavy (non-hydrogen) atoms. The quantitative estimate of drug-likeness (QED) is 0.538. The minimum Gasteiger partial charge on any atom is -0.362 e. The van der Waals surface area contributed by atoms with Crippen LogP contribution in [-0.2, 0) is 0 Å². The van der Waals surface area contributed by atoms with Crippen molar-refractivity contribution in [1.29, 1.82) is 5.26 Å². The van der Waals surface area contributed by atoms with Crippen LogP contribution in [-0.4, -0.2) is 19.7 Å². The highest BCUT2D eigenvalue weighted by atomic mass is 16.5. The molecular formula is C16H11N5O. The maximum atomic E-state index is 9.15. The van der Waals surface area contributed by atoms with Crippen molar-refractivity contribution in [3.05, 3.63) is 47.6 Å². The fourth-order valence-electron chi connectivity index (χ4n) is 2.70. The lowest BCUT2D eigenvalue weighted by atomic mass is 10.1. The molecule has 4 rings (SSSR count). The molecule has 0 fully saturated rings. The molecule has 0 aliphatic carbocycles. The summed E-state index contributed by atoms with van der Waals surface area (Å²) in [6.45, 7) is 3.84. The van der Waals surface area contributed by atoms with Gasteiger partial charge in [-0.3, -0.25) is 9.55 Å². The van der Waals surface area contributed by atoms with Crippen LogP contribution < -0.4 is 0 Å². The van der Waals surface area contributed by atoms with Crippen molar-refractivity contribution in [2.75, 3.05) is 0 Å². The summed E-state index contributed by atoms with van der Waals surface area (Å²) in [6.07, 6.45) is 3.34. The van der Waals surface area contributed by atoms with E-state index in [0.717, 1.165) is 33.3 Å². The molecule has 0 atom stereocenters. The van der Waals surface area contributed by atoms with Gasteiger partial charge in [0.2, 0.25) is 0 Å². The number of rotatable bonds is 1. The average Bonchev–Trinajstić information content (AvgIpc) is 3.08. The fourth-order valence-corrected chi connectivity index (χ4v) is 2.70. The number of aromatic nitrogens is 4. The Hall–Kier alpha value is -3.20. The Morgan fingerprint density at radius 2 is 2.09 bits per heavy atom. The van der Waals surface area contributed by atoms with Gasteiger partial charge < -0.3 is 4.52 Å². The summed E-state index contributed by atoms with van der Waals surface area (Å²) in [5.74, 6) is 1.50. The molecule has 0 aliphatic heterocycles. The molecular weight excluding hydrogens is 278 g/mol. The van der Waals surface area contributed by atoms with E-state index in [0.29, 0.717) is 11.4 Å². The highest BCUT2D eigenvalue weighted by molar-refractivity contribution is 6.03. The van der Waals surface area contributed by atoms with Crippen molar-refractivity contribution in [3.63, 3.8) is 0 Å². The molecule has 6 nitrogen and oxygen atoms in total. The molecule has 0 radical (unpaired) electrons. The number of nitrogens with zero attached hydrogens (tertiary/aromatic N) is 5. The van der Waals surface area contributed by atoms with E-state index in [1.807, 2.05) is 30.5 Å². The second-order valence-electron chi connectivity index (χ2n) is 5.15. The SMILES string of the molecule is Cc1conc1-n1c(C)nc2cnc3ccc(C#N)cc3c21. The van der Waals surface area contributed by atoms with Crippen molar-refractivity contribution < 1.29 is 4.52 Å². The van der Waals surface area contributed by atoms with Crippen LogP contribution in [0.4, 0.5) is 0 Å². The highest BCUT2D eigenvalue weighted by Crippen LogP contribution is 2.28. The molecule has 4 aromatic rings. The minimum absolute atomic E-state index is 0.587. The molecule has 106 valence electrons. The van der Waals surface area contributed by atoms with Gasteiger partial charge in [0, 0.05) is 10.9 Å². The number of pyridine rings is 1. The van der Waals surface area contributed by atoms with E-state index in [1.54, 1.807) is 18.5 Å². The van der Waals surface area contributed by atoms with Crippen LogP contribution in [0.1, 0.15) is 17.0 Å². The molecule has 3 aromatic heterocycles. The van der Waals surface area contributed by atoms with E-state index in [4.69, 9.17) is 9.78 Å². The summed E-state index contributed by atoms with van der Waals surface area (Å²) in [5.41, 5.74) is 3.97. The van der Waals surface area contributed by atoms with Crippen LogP contribution in [0.25, 0.3) is 27.8 Å². The molecule has 0 bridgehead atoms. The summed E-state index contributed by atoms with van der Waals surface area (Å²) in [5, 5.41) is 14.1. The van der Waals surface area contributed by atoms with Gasteiger partial charge in [-0.05, 0) is 32.0 Å². The van der Waals surface area contributed by atoms with Gasteiger partial charge in [0.25, 0.3) is 0 Å². The predicted molar refractivity (Wildman–Crippen MR) is 80.6 cm³/mol. The van der Waals surface area contributed by atoms with Crippen LogP contribution in [0.2, 0.25) is 0 Å². The Bertz CT molecular complexity index is 1070. The van der Waals surface area contributed by atoms with Gasteiger partial charge in [-0.2, -0.15) is 5.26 Å². The summed E-state index contributed by atoms with van der Waals surface area (Å²) in [4.78, 5) is 8.97. The van der Waals surface area contributed by atoms with Gasteiger partial charge in [-0.25, -0.2) is 4.98 Å². The Balaban J connectivity index is 2.21. The zero-order valence-electron chi connectivity index (χ0n) is 12.0. The Morgan fingerprint density at radius 3 is 2.82 bits per heavy atom. The monoisotopic (exact) mass is 289 g/mol. The summed E-state index contributed by atoms with van der Waals surface area (Å²) >= 11 is 0. The fraction of sp³-hybridized carbons (Fsp3) is 0.125. The molecule has 0 unspecified atom stereocenters. The summed E-state index contributed by atoms with van der Waals surface area (Å²) in [7, 11) is 0. The summed E-state index contributed by atoms with van der Waals surface area (Å²) < 4.78 is 7.01.